The zero-order valence-corrected chi connectivity index (χ0v) is 13.2. The maximum Gasteiger partial charge on any atom is 0.124 e. The Balaban J connectivity index is 2.27. The van der Waals surface area contributed by atoms with Crippen molar-refractivity contribution in [1.82, 2.24) is 4.90 Å². The van der Waals surface area contributed by atoms with Crippen molar-refractivity contribution in [2.24, 2.45) is 5.73 Å². The molecule has 19 heavy (non-hydrogen) atoms. The highest BCUT2D eigenvalue weighted by atomic mass is 79.9. The van der Waals surface area contributed by atoms with Gasteiger partial charge >= 0.3 is 0 Å². The molecule has 0 radical (unpaired) electrons. The second kappa shape index (κ2) is 6.33. The Morgan fingerprint density at radius 3 is 2.84 bits per heavy atom. The third-order valence-corrected chi connectivity index (χ3v) is 4.91. The summed E-state index contributed by atoms with van der Waals surface area (Å²) in [4.78, 5) is 2.49. The van der Waals surface area contributed by atoms with Crippen molar-refractivity contribution >= 4 is 15.9 Å². The number of nitrogens with two attached hydrogens (primary N) is 1. The van der Waals surface area contributed by atoms with E-state index >= 15 is 0 Å². The fourth-order valence-electron chi connectivity index (χ4n) is 3.25. The Morgan fingerprint density at radius 1 is 1.47 bits per heavy atom. The van der Waals surface area contributed by atoms with Crippen LogP contribution in [0, 0.1) is 5.82 Å². The van der Waals surface area contributed by atoms with Gasteiger partial charge in [0.25, 0.3) is 0 Å². The molecule has 0 saturated carbocycles. The van der Waals surface area contributed by atoms with E-state index < -0.39 is 0 Å². The maximum atomic E-state index is 13.2. The number of benzene rings is 1. The maximum absolute atomic E-state index is 13.2. The van der Waals surface area contributed by atoms with E-state index in [0.29, 0.717) is 18.6 Å². The van der Waals surface area contributed by atoms with Crippen LogP contribution in [0.5, 0.6) is 0 Å². The van der Waals surface area contributed by atoms with E-state index in [9.17, 15) is 4.39 Å². The predicted molar refractivity (Wildman–Crippen MR) is 80.5 cm³/mol. The van der Waals surface area contributed by atoms with Gasteiger partial charge in [-0.1, -0.05) is 28.4 Å². The Kier molecular flexibility index (Phi) is 4.98. The van der Waals surface area contributed by atoms with Crippen LogP contribution >= 0.6 is 15.9 Å². The van der Waals surface area contributed by atoms with E-state index in [0.717, 1.165) is 16.5 Å². The molecule has 0 spiro atoms. The molecule has 0 aromatic heterocycles. The lowest BCUT2D eigenvalue weighted by molar-refractivity contribution is 0.0567. The van der Waals surface area contributed by atoms with Crippen LogP contribution < -0.4 is 5.73 Å². The van der Waals surface area contributed by atoms with Gasteiger partial charge in [0.2, 0.25) is 0 Å². The third-order valence-electron chi connectivity index (χ3n) is 4.22. The van der Waals surface area contributed by atoms with Gasteiger partial charge in [0.1, 0.15) is 5.82 Å². The molecule has 1 aliphatic heterocycles. The van der Waals surface area contributed by atoms with Gasteiger partial charge in [-0.15, -0.1) is 0 Å². The molecule has 1 aromatic rings. The molecule has 2 rings (SSSR count). The number of halogens is 2. The van der Waals surface area contributed by atoms with E-state index in [2.05, 4.69) is 34.7 Å². The van der Waals surface area contributed by atoms with Gasteiger partial charge in [-0.3, -0.25) is 4.90 Å². The lowest BCUT2D eigenvalue weighted by Gasteiger charge is -2.44. The lowest BCUT2D eigenvalue weighted by atomic mass is 9.92. The van der Waals surface area contributed by atoms with Gasteiger partial charge in [-0.05, 0) is 44.4 Å². The summed E-state index contributed by atoms with van der Waals surface area (Å²) in [6.07, 6.45) is 3.61. The molecular formula is C15H22BrFN2. The summed E-state index contributed by atoms with van der Waals surface area (Å²) >= 11 is 3.48. The van der Waals surface area contributed by atoms with Crippen LogP contribution in [0.15, 0.2) is 22.7 Å². The largest absolute Gasteiger partial charge is 0.329 e. The van der Waals surface area contributed by atoms with Gasteiger partial charge in [0.15, 0.2) is 0 Å². The van der Waals surface area contributed by atoms with Crippen LogP contribution in [0.3, 0.4) is 0 Å². The molecule has 3 atom stereocenters. The number of hydrogen-bond donors (Lipinski definition) is 1. The van der Waals surface area contributed by atoms with Crippen molar-refractivity contribution in [2.45, 2.75) is 51.2 Å². The van der Waals surface area contributed by atoms with E-state index in [1.807, 2.05) is 6.07 Å². The molecule has 0 bridgehead atoms. The molecule has 1 saturated heterocycles. The number of piperidine rings is 1. The molecule has 1 fully saturated rings. The monoisotopic (exact) mass is 328 g/mol. The first-order chi connectivity index (χ1) is 9.04. The van der Waals surface area contributed by atoms with Crippen molar-refractivity contribution in [2.75, 3.05) is 6.54 Å². The van der Waals surface area contributed by atoms with Crippen LogP contribution in [0.1, 0.15) is 44.7 Å². The van der Waals surface area contributed by atoms with Crippen molar-refractivity contribution in [1.29, 1.82) is 0 Å². The minimum atomic E-state index is -0.204. The van der Waals surface area contributed by atoms with E-state index in [4.69, 9.17) is 5.73 Å². The van der Waals surface area contributed by atoms with Crippen LogP contribution in [-0.2, 0) is 0 Å². The van der Waals surface area contributed by atoms with Gasteiger partial charge in [-0.25, -0.2) is 4.39 Å². The van der Waals surface area contributed by atoms with Gasteiger partial charge in [-0.2, -0.15) is 0 Å². The predicted octanol–water partition coefficient (Wildman–Crippen LogP) is 3.85. The summed E-state index contributed by atoms with van der Waals surface area (Å²) < 4.78 is 14.1. The highest BCUT2D eigenvalue weighted by Crippen LogP contribution is 2.35. The van der Waals surface area contributed by atoms with Crippen molar-refractivity contribution in [3.8, 4) is 0 Å². The first kappa shape index (κ1) is 14.9. The highest BCUT2D eigenvalue weighted by Gasteiger charge is 2.31. The van der Waals surface area contributed by atoms with Crippen LogP contribution in [0.25, 0.3) is 0 Å². The summed E-state index contributed by atoms with van der Waals surface area (Å²) in [6.45, 7) is 5.13. The Hall–Kier alpha value is -0.450. The zero-order valence-electron chi connectivity index (χ0n) is 11.6. The lowest BCUT2D eigenvalue weighted by Crippen LogP contribution is -2.49. The average molecular weight is 329 g/mol. The standard InChI is InChI=1S/C15H22BrFN2/c1-10-4-3-5-13(9-18)19(10)11(2)14-7-6-12(17)8-15(14)16/h6-8,10-11,13H,3-5,9,18H2,1-2H3. The summed E-state index contributed by atoms with van der Waals surface area (Å²) in [5, 5.41) is 0. The molecule has 2 N–H and O–H groups in total. The first-order valence-corrected chi connectivity index (χ1v) is 7.76. The molecule has 0 aliphatic carbocycles. The fraction of sp³-hybridized carbons (Fsp3) is 0.600. The molecular weight excluding hydrogens is 307 g/mol. The highest BCUT2D eigenvalue weighted by molar-refractivity contribution is 9.10. The van der Waals surface area contributed by atoms with Crippen LogP contribution in [0.2, 0.25) is 0 Å². The number of likely N-dealkylation sites (tertiary alicyclic amines) is 1. The summed E-state index contributed by atoms with van der Waals surface area (Å²) in [7, 11) is 0. The van der Waals surface area contributed by atoms with E-state index in [1.165, 1.54) is 25.0 Å². The first-order valence-electron chi connectivity index (χ1n) is 6.97. The minimum absolute atomic E-state index is 0.204. The Bertz CT molecular complexity index is 438. The summed E-state index contributed by atoms with van der Waals surface area (Å²) in [6, 6.07) is 6.14. The molecule has 3 unspecified atom stereocenters. The van der Waals surface area contributed by atoms with Crippen LogP contribution in [0.4, 0.5) is 4.39 Å². The number of rotatable bonds is 3. The molecule has 1 aliphatic rings. The second-order valence-corrected chi connectivity index (χ2v) is 6.31. The smallest absolute Gasteiger partial charge is 0.124 e. The Labute approximate surface area is 123 Å². The molecule has 1 aromatic carbocycles. The SMILES string of the molecule is CC1CCCC(CN)N1C(C)c1ccc(F)cc1Br. The van der Waals surface area contributed by atoms with Gasteiger partial charge in [0, 0.05) is 29.1 Å². The van der Waals surface area contributed by atoms with Crippen LogP contribution in [-0.4, -0.2) is 23.5 Å². The zero-order chi connectivity index (χ0) is 14.0. The van der Waals surface area contributed by atoms with E-state index in [-0.39, 0.29) is 11.9 Å². The van der Waals surface area contributed by atoms with Crippen molar-refractivity contribution in [3.63, 3.8) is 0 Å². The topological polar surface area (TPSA) is 29.3 Å². The average Bonchev–Trinajstić information content (AvgIpc) is 2.37. The van der Waals surface area contributed by atoms with Crippen molar-refractivity contribution in [3.05, 3.63) is 34.1 Å². The van der Waals surface area contributed by atoms with Gasteiger partial charge < -0.3 is 5.73 Å². The molecule has 2 nitrogen and oxygen atoms in total. The normalized spacial score (nSPS) is 26.4. The summed E-state index contributed by atoms with van der Waals surface area (Å²) in [5.41, 5.74) is 7.05. The molecule has 4 heteroatoms. The third kappa shape index (κ3) is 3.18. The Morgan fingerprint density at radius 2 is 2.21 bits per heavy atom. The quantitative estimate of drug-likeness (QED) is 0.913. The fourth-order valence-corrected chi connectivity index (χ4v) is 3.93. The number of hydrogen-bond acceptors (Lipinski definition) is 2. The van der Waals surface area contributed by atoms with Crippen molar-refractivity contribution < 1.29 is 4.39 Å². The molecule has 1 heterocycles. The molecule has 106 valence electrons. The van der Waals surface area contributed by atoms with E-state index in [1.54, 1.807) is 0 Å². The molecule has 0 amide bonds. The summed E-state index contributed by atoms with van der Waals surface area (Å²) in [5.74, 6) is -0.204. The second-order valence-electron chi connectivity index (χ2n) is 5.46. The minimum Gasteiger partial charge on any atom is -0.329 e. The number of nitrogens with zero attached hydrogens (tertiary/aromatic N) is 1. The van der Waals surface area contributed by atoms with Gasteiger partial charge in [0.05, 0.1) is 0 Å².